The number of hydrogen-bond acceptors (Lipinski definition) is 4. The van der Waals surface area contributed by atoms with Crippen LogP contribution in [0.25, 0.3) is 0 Å². The number of aryl methyl sites for hydroxylation is 2. The summed E-state index contributed by atoms with van der Waals surface area (Å²) in [6, 6.07) is 9.53. The zero-order chi connectivity index (χ0) is 15.9. The Morgan fingerprint density at radius 1 is 1.23 bits per heavy atom. The van der Waals surface area contributed by atoms with Crippen LogP contribution in [0.5, 0.6) is 11.6 Å². The summed E-state index contributed by atoms with van der Waals surface area (Å²) >= 11 is 0. The maximum absolute atomic E-state index is 11.9. The standard InChI is InChI=1S/C17H20N2O3/c1-12-7-13(2)9-15(8-12)22-11-16(20)19-10-14-5-4-6-18-17(14)21-3/h4-9H,10-11H2,1-3H3,(H,19,20). The molecule has 0 aliphatic heterocycles. The van der Waals surface area contributed by atoms with Gasteiger partial charge in [-0.3, -0.25) is 4.79 Å². The first-order valence-corrected chi connectivity index (χ1v) is 7.04. The summed E-state index contributed by atoms with van der Waals surface area (Å²) in [6.45, 7) is 4.32. The van der Waals surface area contributed by atoms with E-state index in [-0.39, 0.29) is 12.5 Å². The van der Waals surface area contributed by atoms with Gasteiger partial charge in [0.15, 0.2) is 6.61 Å². The largest absolute Gasteiger partial charge is 0.484 e. The topological polar surface area (TPSA) is 60.5 Å². The van der Waals surface area contributed by atoms with Crippen LogP contribution in [0.2, 0.25) is 0 Å². The fraction of sp³-hybridized carbons (Fsp3) is 0.294. The highest BCUT2D eigenvalue weighted by atomic mass is 16.5. The summed E-state index contributed by atoms with van der Waals surface area (Å²) in [7, 11) is 1.55. The number of amides is 1. The monoisotopic (exact) mass is 300 g/mol. The van der Waals surface area contributed by atoms with E-state index in [1.807, 2.05) is 32.0 Å². The third-order valence-corrected chi connectivity index (χ3v) is 3.08. The molecule has 0 atom stereocenters. The van der Waals surface area contributed by atoms with Crippen LogP contribution in [0.3, 0.4) is 0 Å². The predicted octanol–water partition coefficient (Wildman–Crippen LogP) is 2.40. The molecular formula is C17H20N2O3. The van der Waals surface area contributed by atoms with E-state index in [9.17, 15) is 4.79 Å². The Labute approximate surface area is 130 Å². The molecule has 1 amide bonds. The average Bonchev–Trinajstić information content (AvgIpc) is 2.50. The summed E-state index contributed by atoms with van der Waals surface area (Å²) in [6.07, 6.45) is 1.65. The van der Waals surface area contributed by atoms with Gasteiger partial charge in [0.05, 0.1) is 7.11 Å². The molecule has 0 bridgehead atoms. The molecule has 0 unspecified atom stereocenters. The number of pyridine rings is 1. The van der Waals surface area contributed by atoms with E-state index in [4.69, 9.17) is 9.47 Å². The third kappa shape index (κ3) is 4.48. The van der Waals surface area contributed by atoms with Crippen LogP contribution >= 0.6 is 0 Å². The second kappa shape index (κ2) is 7.45. The molecule has 1 heterocycles. The molecule has 5 heteroatoms. The van der Waals surface area contributed by atoms with Crippen LogP contribution < -0.4 is 14.8 Å². The molecular weight excluding hydrogens is 280 g/mol. The Kier molecular flexibility index (Phi) is 5.36. The van der Waals surface area contributed by atoms with Crippen molar-refractivity contribution in [3.05, 3.63) is 53.2 Å². The van der Waals surface area contributed by atoms with Crippen molar-refractivity contribution in [2.24, 2.45) is 0 Å². The van der Waals surface area contributed by atoms with Gasteiger partial charge in [-0.15, -0.1) is 0 Å². The van der Waals surface area contributed by atoms with Crippen LogP contribution in [0.1, 0.15) is 16.7 Å². The fourth-order valence-electron chi connectivity index (χ4n) is 2.15. The first kappa shape index (κ1) is 15.8. The maximum Gasteiger partial charge on any atom is 0.258 e. The molecule has 2 aromatic rings. The summed E-state index contributed by atoms with van der Waals surface area (Å²) < 4.78 is 10.7. The van der Waals surface area contributed by atoms with E-state index < -0.39 is 0 Å². The molecule has 22 heavy (non-hydrogen) atoms. The lowest BCUT2D eigenvalue weighted by atomic mass is 10.1. The smallest absolute Gasteiger partial charge is 0.258 e. The van der Waals surface area contributed by atoms with E-state index in [0.29, 0.717) is 18.2 Å². The Morgan fingerprint density at radius 3 is 2.64 bits per heavy atom. The Morgan fingerprint density at radius 2 is 1.95 bits per heavy atom. The summed E-state index contributed by atoms with van der Waals surface area (Å²) in [5.74, 6) is 1.02. The van der Waals surface area contributed by atoms with Crippen molar-refractivity contribution in [1.29, 1.82) is 0 Å². The molecule has 0 aliphatic carbocycles. The lowest BCUT2D eigenvalue weighted by molar-refractivity contribution is -0.123. The van der Waals surface area contributed by atoms with Gasteiger partial charge in [0, 0.05) is 18.3 Å². The quantitative estimate of drug-likeness (QED) is 0.890. The molecule has 0 radical (unpaired) electrons. The number of ether oxygens (including phenoxy) is 2. The molecule has 2 rings (SSSR count). The van der Waals surface area contributed by atoms with Gasteiger partial charge < -0.3 is 14.8 Å². The number of carbonyl (C=O) groups is 1. The van der Waals surface area contributed by atoms with Gasteiger partial charge >= 0.3 is 0 Å². The van der Waals surface area contributed by atoms with E-state index in [1.54, 1.807) is 19.4 Å². The number of nitrogens with one attached hydrogen (secondary N) is 1. The number of aromatic nitrogens is 1. The average molecular weight is 300 g/mol. The molecule has 1 N–H and O–H groups in total. The minimum Gasteiger partial charge on any atom is -0.484 e. The first-order valence-electron chi connectivity index (χ1n) is 7.04. The van der Waals surface area contributed by atoms with Gasteiger partial charge in [0.25, 0.3) is 5.91 Å². The predicted molar refractivity (Wildman–Crippen MR) is 84.0 cm³/mol. The normalized spacial score (nSPS) is 10.1. The number of benzene rings is 1. The third-order valence-electron chi connectivity index (χ3n) is 3.08. The highest BCUT2D eigenvalue weighted by Gasteiger charge is 2.07. The first-order chi connectivity index (χ1) is 10.6. The minimum absolute atomic E-state index is 0.0224. The fourth-order valence-corrected chi connectivity index (χ4v) is 2.15. The SMILES string of the molecule is COc1ncccc1CNC(=O)COc1cc(C)cc(C)c1. The minimum atomic E-state index is -0.190. The molecule has 1 aromatic carbocycles. The van der Waals surface area contributed by atoms with Crippen molar-refractivity contribution in [1.82, 2.24) is 10.3 Å². The summed E-state index contributed by atoms with van der Waals surface area (Å²) in [5, 5.41) is 2.79. The van der Waals surface area contributed by atoms with Gasteiger partial charge in [-0.05, 0) is 43.2 Å². The highest BCUT2D eigenvalue weighted by Crippen LogP contribution is 2.16. The highest BCUT2D eigenvalue weighted by molar-refractivity contribution is 5.77. The van der Waals surface area contributed by atoms with Crippen molar-refractivity contribution in [2.45, 2.75) is 20.4 Å². The van der Waals surface area contributed by atoms with E-state index >= 15 is 0 Å². The number of hydrogen-bond donors (Lipinski definition) is 1. The van der Waals surface area contributed by atoms with Crippen LogP contribution in [-0.4, -0.2) is 24.6 Å². The maximum atomic E-state index is 11.9. The van der Waals surface area contributed by atoms with Crippen molar-refractivity contribution >= 4 is 5.91 Å². The molecule has 0 fully saturated rings. The number of methoxy groups -OCH3 is 1. The number of rotatable bonds is 6. The van der Waals surface area contributed by atoms with Gasteiger partial charge in [0.2, 0.25) is 5.88 Å². The lowest BCUT2D eigenvalue weighted by Crippen LogP contribution is -2.28. The Hall–Kier alpha value is -2.56. The van der Waals surface area contributed by atoms with E-state index in [0.717, 1.165) is 16.7 Å². The lowest BCUT2D eigenvalue weighted by Gasteiger charge is -2.10. The molecule has 0 saturated carbocycles. The van der Waals surface area contributed by atoms with Crippen molar-refractivity contribution < 1.29 is 14.3 Å². The van der Waals surface area contributed by atoms with E-state index in [1.165, 1.54) is 0 Å². The summed E-state index contributed by atoms with van der Waals surface area (Å²) in [4.78, 5) is 15.9. The van der Waals surface area contributed by atoms with Gasteiger partial charge in [-0.2, -0.15) is 0 Å². The molecule has 5 nitrogen and oxygen atoms in total. The molecule has 0 spiro atoms. The van der Waals surface area contributed by atoms with Crippen molar-refractivity contribution in [3.8, 4) is 11.6 Å². The van der Waals surface area contributed by atoms with Crippen LogP contribution in [0.4, 0.5) is 0 Å². The van der Waals surface area contributed by atoms with Gasteiger partial charge in [-0.25, -0.2) is 4.98 Å². The second-order valence-electron chi connectivity index (χ2n) is 5.06. The zero-order valence-electron chi connectivity index (χ0n) is 13.1. The summed E-state index contributed by atoms with van der Waals surface area (Å²) in [5.41, 5.74) is 3.04. The Bertz CT molecular complexity index is 636. The molecule has 0 saturated heterocycles. The molecule has 116 valence electrons. The molecule has 0 aliphatic rings. The second-order valence-corrected chi connectivity index (χ2v) is 5.06. The van der Waals surface area contributed by atoms with Crippen LogP contribution in [-0.2, 0) is 11.3 Å². The van der Waals surface area contributed by atoms with Crippen LogP contribution in [0.15, 0.2) is 36.5 Å². The Balaban J connectivity index is 1.85. The van der Waals surface area contributed by atoms with Crippen LogP contribution in [0, 0.1) is 13.8 Å². The zero-order valence-corrected chi connectivity index (χ0v) is 13.1. The number of nitrogens with zero attached hydrogens (tertiary/aromatic N) is 1. The van der Waals surface area contributed by atoms with Crippen molar-refractivity contribution in [2.75, 3.05) is 13.7 Å². The van der Waals surface area contributed by atoms with Gasteiger partial charge in [0.1, 0.15) is 5.75 Å². The number of carbonyl (C=O) groups excluding carboxylic acids is 1. The molecule has 1 aromatic heterocycles. The van der Waals surface area contributed by atoms with Crippen molar-refractivity contribution in [3.63, 3.8) is 0 Å². The van der Waals surface area contributed by atoms with E-state index in [2.05, 4.69) is 16.4 Å². The van der Waals surface area contributed by atoms with Gasteiger partial charge in [-0.1, -0.05) is 12.1 Å².